The molecule has 2 heterocycles. The first-order chi connectivity index (χ1) is 8.78. The van der Waals surface area contributed by atoms with Gasteiger partial charge in [0.05, 0.1) is 11.4 Å². The Morgan fingerprint density at radius 2 is 2.22 bits per heavy atom. The fraction of sp³-hybridized carbons (Fsp3) is 0.250. The van der Waals surface area contributed by atoms with Gasteiger partial charge in [0.1, 0.15) is 0 Å². The van der Waals surface area contributed by atoms with Crippen LogP contribution in [-0.4, -0.2) is 23.8 Å². The van der Waals surface area contributed by atoms with Crippen molar-refractivity contribution in [1.29, 1.82) is 0 Å². The fourth-order valence-corrected chi connectivity index (χ4v) is 2.38. The molecule has 1 aromatic carbocycles. The van der Waals surface area contributed by atoms with Crippen LogP contribution in [-0.2, 0) is 6.54 Å². The Kier molecular flexibility index (Phi) is 2.97. The zero-order valence-corrected chi connectivity index (χ0v) is 11.4. The van der Waals surface area contributed by atoms with Crippen LogP contribution < -0.4 is 14.8 Å². The van der Waals surface area contributed by atoms with Gasteiger partial charge >= 0.3 is 0 Å². The Labute approximate surface area is 113 Å². The number of benzene rings is 1. The lowest BCUT2D eigenvalue weighted by Gasteiger charge is -2.03. The number of nitrogens with one attached hydrogen (secondary N) is 2. The van der Waals surface area contributed by atoms with Crippen molar-refractivity contribution in [2.75, 3.05) is 13.8 Å². The van der Waals surface area contributed by atoms with Gasteiger partial charge in [-0.2, -0.15) is 0 Å². The van der Waals surface area contributed by atoms with E-state index in [2.05, 4.69) is 31.2 Å². The first-order valence-electron chi connectivity index (χ1n) is 5.57. The van der Waals surface area contributed by atoms with Crippen molar-refractivity contribution in [3.63, 3.8) is 0 Å². The molecule has 0 saturated carbocycles. The maximum Gasteiger partial charge on any atom is 0.231 e. The maximum atomic E-state index is 5.38. The lowest BCUT2D eigenvalue weighted by molar-refractivity contribution is 0.174. The maximum absolute atomic E-state index is 5.38. The Balaban J connectivity index is 2.03. The molecule has 0 bridgehead atoms. The molecule has 94 valence electrons. The second-order valence-corrected chi connectivity index (χ2v) is 4.70. The van der Waals surface area contributed by atoms with E-state index in [-0.39, 0.29) is 6.79 Å². The lowest BCUT2D eigenvalue weighted by Crippen LogP contribution is -2.06. The van der Waals surface area contributed by atoms with Gasteiger partial charge in [0.15, 0.2) is 16.2 Å². The minimum absolute atomic E-state index is 0.284. The van der Waals surface area contributed by atoms with Crippen LogP contribution in [0.3, 0.4) is 0 Å². The smallest absolute Gasteiger partial charge is 0.231 e. The molecule has 2 N–H and O–H groups in total. The highest BCUT2D eigenvalue weighted by molar-refractivity contribution is 9.10. The SMILES string of the molecule is CNCc1[nH]c(Br)nc1-c1ccc2c(c1)OCO2. The molecular weight excluding hydrogens is 298 g/mol. The topological polar surface area (TPSA) is 59.2 Å². The van der Waals surface area contributed by atoms with E-state index in [9.17, 15) is 0 Å². The Bertz CT molecular complexity index is 583. The van der Waals surface area contributed by atoms with E-state index in [1.54, 1.807) is 0 Å². The van der Waals surface area contributed by atoms with Crippen molar-refractivity contribution in [3.05, 3.63) is 28.6 Å². The molecule has 0 fully saturated rings. The number of aromatic nitrogens is 2. The average molecular weight is 310 g/mol. The van der Waals surface area contributed by atoms with E-state index in [0.717, 1.165) is 39.7 Å². The van der Waals surface area contributed by atoms with Crippen LogP contribution in [0.15, 0.2) is 22.9 Å². The number of fused-ring (bicyclic) bond motifs is 1. The summed E-state index contributed by atoms with van der Waals surface area (Å²) in [6, 6.07) is 5.84. The van der Waals surface area contributed by atoms with Crippen molar-refractivity contribution in [3.8, 4) is 22.8 Å². The first kappa shape index (κ1) is 11.6. The molecule has 5 nitrogen and oxygen atoms in total. The van der Waals surface area contributed by atoms with Crippen LogP contribution in [0.1, 0.15) is 5.69 Å². The molecule has 18 heavy (non-hydrogen) atoms. The Morgan fingerprint density at radius 3 is 3.06 bits per heavy atom. The van der Waals surface area contributed by atoms with Crippen molar-refractivity contribution >= 4 is 15.9 Å². The molecule has 3 rings (SSSR count). The molecule has 0 saturated heterocycles. The van der Waals surface area contributed by atoms with Crippen LogP contribution >= 0.6 is 15.9 Å². The van der Waals surface area contributed by atoms with Crippen LogP contribution in [0.4, 0.5) is 0 Å². The van der Waals surface area contributed by atoms with Crippen molar-refractivity contribution in [2.45, 2.75) is 6.54 Å². The van der Waals surface area contributed by atoms with Crippen LogP contribution in [0, 0.1) is 0 Å². The highest BCUT2D eigenvalue weighted by atomic mass is 79.9. The minimum atomic E-state index is 0.284. The summed E-state index contributed by atoms with van der Waals surface area (Å²) in [5.74, 6) is 1.55. The van der Waals surface area contributed by atoms with Gasteiger partial charge in [-0.1, -0.05) is 0 Å². The molecule has 1 aliphatic rings. The van der Waals surface area contributed by atoms with E-state index >= 15 is 0 Å². The van der Waals surface area contributed by atoms with E-state index in [1.807, 2.05) is 25.2 Å². The molecule has 0 unspecified atom stereocenters. The fourth-order valence-electron chi connectivity index (χ4n) is 1.96. The van der Waals surface area contributed by atoms with Crippen molar-refractivity contribution in [1.82, 2.24) is 15.3 Å². The normalized spacial score (nSPS) is 13.0. The zero-order chi connectivity index (χ0) is 12.5. The Morgan fingerprint density at radius 1 is 1.39 bits per heavy atom. The van der Waals surface area contributed by atoms with Gasteiger partial charge in [-0.05, 0) is 41.2 Å². The second-order valence-electron chi connectivity index (χ2n) is 3.95. The van der Waals surface area contributed by atoms with Gasteiger partial charge in [0, 0.05) is 12.1 Å². The summed E-state index contributed by atoms with van der Waals surface area (Å²) in [7, 11) is 1.90. The first-order valence-corrected chi connectivity index (χ1v) is 6.36. The van der Waals surface area contributed by atoms with Gasteiger partial charge in [0.2, 0.25) is 6.79 Å². The summed E-state index contributed by atoms with van der Waals surface area (Å²) in [6.45, 7) is 1.01. The van der Waals surface area contributed by atoms with Crippen LogP contribution in [0.25, 0.3) is 11.3 Å². The van der Waals surface area contributed by atoms with E-state index in [0.29, 0.717) is 0 Å². The summed E-state index contributed by atoms with van der Waals surface area (Å²) in [5.41, 5.74) is 2.95. The number of ether oxygens (including phenoxy) is 2. The second kappa shape index (κ2) is 4.62. The predicted octanol–water partition coefficient (Wildman–Crippen LogP) is 2.29. The van der Waals surface area contributed by atoms with Crippen molar-refractivity contribution in [2.24, 2.45) is 0 Å². The molecule has 6 heteroatoms. The van der Waals surface area contributed by atoms with Crippen molar-refractivity contribution < 1.29 is 9.47 Å². The summed E-state index contributed by atoms with van der Waals surface area (Å²) < 4.78 is 11.4. The van der Waals surface area contributed by atoms with Gasteiger partial charge in [-0.3, -0.25) is 0 Å². The molecule has 0 amide bonds. The number of hydrogen-bond acceptors (Lipinski definition) is 4. The van der Waals surface area contributed by atoms with Gasteiger partial charge in [-0.15, -0.1) is 0 Å². The minimum Gasteiger partial charge on any atom is -0.454 e. The highest BCUT2D eigenvalue weighted by Crippen LogP contribution is 2.36. The molecule has 1 aromatic heterocycles. The molecule has 1 aliphatic heterocycles. The summed E-state index contributed by atoms with van der Waals surface area (Å²) in [6.07, 6.45) is 0. The standard InChI is InChI=1S/C12H12BrN3O2/c1-14-5-8-11(16-12(13)15-8)7-2-3-9-10(4-7)18-6-17-9/h2-4,14H,5-6H2,1H3,(H,15,16). The number of nitrogens with zero attached hydrogens (tertiary/aromatic N) is 1. The number of H-pyrrole nitrogens is 1. The van der Waals surface area contributed by atoms with Gasteiger partial charge < -0.3 is 19.8 Å². The molecule has 0 aliphatic carbocycles. The van der Waals surface area contributed by atoms with E-state index < -0.39 is 0 Å². The zero-order valence-electron chi connectivity index (χ0n) is 9.79. The molecular formula is C12H12BrN3O2. The average Bonchev–Trinajstić information content (AvgIpc) is 2.95. The lowest BCUT2D eigenvalue weighted by atomic mass is 10.1. The number of imidazole rings is 1. The molecule has 0 spiro atoms. The predicted molar refractivity (Wildman–Crippen MR) is 70.6 cm³/mol. The highest BCUT2D eigenvalue weighted by Gasteiger charge is 2.17. The summed E-state index contributed by atoms with van der Waals surface area (Å²) in [4.78, 5) is 7.63. The third kappa shape index (κ3) is 1.97. The van der Waals surface area contributed by atoms with Crippen LogP contribution in [0.5, 0.6) is 11.5 Å². The van der Waals surface area contributed by atoms with Gasteiger partial charge in [-0.25, -0.2) is 4.98 Å². The number of aromatic amines is 1. The summed E-state index contributed by atoms with van der Waals surface area (Å²) >= 11 is 3.36. The molecule has 0 radical (unpaired) electrons. The molecule has 0 atom stereocenters. The third-order valence-electron chi connectivity index (χ3n) is 2.75. The third-order valence-corrected chi connectivity index (χ3v) is 3.12. The largest absolute Gasteiger partial charge is 0.454 e. The van der Waals surface area contributed by atoms with Crippen LogP contribution in [0.2, 0.25) is 0 Å². The number of rotatable bonds is 3. The number of hydrogen-bond donors (Lipinski definition) is 2. The number of halogens is 1. The van der Waals surface area contributed by atoms with Gasteiger partial charge in [0.25, 0.3) is 0 Å². The Hall–Kier alpha value is -1.53. The quantitative estimate of drug-likeness (QED) is 0.913. The van der Waals surface area contributed by atoms with E-state index in [4.69, 9.17) is 9.47 Å². The molecule has 2 aromatic rings. The summed E-state index contributed by atoms with van der Waals surface area (Å²) in [5, 5.41) is 3.11. The monoisotopic (exact) mass is 309 g/mol. The van der Waals surface area contributed by atoms with E-state index in [1.165, 1.54) is 0 Å².